The third-order valence-electron chi connectivity index (χ3n) is 12.6. The van der Waals surface area contributed by atoms with Gasteiger partial charge in [-0.3, -0.25) is 39.0 Å². The summed E-state index contributed by atoms with van der Waals surface area (Å²) in [7, 11) is 0. The number of piperazine rings is 1. The molecule has 1 atom stereocenters. The van der Waals surface area contributed by atoms with Crippen LogP contribution in [-0.4, -0.2) is 125 Å². The molecule has 6 heterocycles. The van der Waals surface area contributed by atoms with Crippen LogP contribution in [0, 0.1) is 25.0 Å². The summed E-state index contributed by atoms with van der Waals surface area (Å²) in [6.07, 6.45) is -4.33. The lowest BCUT2D eigenvalue weighted by Gasteiger charge is -2.40. The number of aryl methyl sites for hydroxylation is 1. The van der Waals surface area contributed by atoms with Crippen LogP contribution in [0.15, 0.2) is 54.6 Å². The van der Waals surface area contributed by atoms with Gasteiger partial charge in [0.15, 0.2) is 11.6 Å². The third-order valence-corrected chi connectivity index (χ3v) is 12.6. The fourth-order valence-electron chi connectivity index (χ4n) is 9.00. The Balaban J connectivity index is 0.773. The van der Waals surface area contributed by atoms with E-state index in [2.05, 4.69) is 27.6 Å². The Bertz CT molecular complexity index is 2580. The predicted octanol–water partition coefficient (Wildman–Crippen LogP) is 3.52. The number of carbonyl (C=O) groups excluding carboxylic acids is 6. The second kappa shape index (κ2) is 16.5. The van der Waals surface area contributed by atoms with Gasteiger partial charge >= 0.3 is 6.18 Å². The Morgan fingerprint density at radius 1 is 0.812 bits per heavy atom. The maximum absolute atomic E-state index is 14.4. The van der Waals surface area contributed by atoms with Gasteiger partial charge in [-0.15, -0.1) is 10.2 Å². The van der Waals surface area contributed by atoms with E-state index >= 15 is 0 Å². The molecule has 64 heavy (non-hydrogen) atoms. The number of hydrogen-bond donors (Lipinski definition) is 2. The van der Waals surface area contributed by atoms with Crippen LogP contribution in [0.1, 0.15) is 67.9 Å². The molecule has 19 heteroatoms. The summed E-state index contributed by atoms with van der Waals surface area (Å²) in [5.74, 6) is -3.64. The van der Waals surface area contributed by atoms with E-state index in [-0.39, 0.29) is 73.5 Å². The fourth-order valence-corrected chi connectivity index (χ4v) is 9.00. The molecule has 16 nitrogen and oxygen atoms in total. The van der Waals surface area contributed by atoms with Crippen LogP contribution in [0.4, 0.5) is 30.4 Å². The SMILES string of the molecule is Cc1ccccc1-c1cc(N2CC(Oc3c#cc(C(=O)N4CCN(C(=O)C5CCN(c6ccc7c(c6)C(=O)N(C6CCC(=O)NC6=O)C7=O)CC5)CC4)c(C(F)(F)F)c3)C2)c(N)nn1. The summed E-state index contributed by atoms with van der Waals surface area (Å²) >= 11 is 0. The number of aromatic nitrogens is 2. The number of rotatable bonds is 8. The standard InChI is InChI=1S/C45H42F3N9O7/c1-25-4-2-3-5-30(25)35-22-37(39(49)52-51-35)56-23-29(24-56)64-28-7-9-32(34(21-28)45(46,47)48)42(61)55-18-16-54(17-19-55)41(60)26-12-14-53(15-13-26)27-6-8-31-33(20-27)44(63)57(43(31)62)36-10-11-38(58)50-40(36)59/h2-6,8,20-22,26,29,36H,10-19,23-24H2,1H3,(H2,49,52)(H,50,58,59). The number of imide groups is 2. The number of nitrogen functional groups attached to an aromatic ring is 1. The molecule has 3 aromatic carbocycles. The first-order chi connectivity index (χ1) is 30.6. The van der Waals surface area contributed by atoms with Gasteiger partial charge in [-0.05, 0) is 62.1 Å². The molecule has 0 bridgehead atoms. The predicted molar refractivity (Wildman–Crippen MR) is 223 cm³/mol. The fraction of sp³-hybridized carbons (Fsp3) is 0.378. The van der Waals surface area contributed by atoms with E-state index in [9.17, 15) is 41.9 Å². The van der Waals surface area contributed by atoms with Crippen molar-refractivity contribution in [3.63, 3.8) is 0 Å². The van der Waals surface area contributed by atoms with Crippen LogP contribution in [0.5, 0.6) is 5.75 Å². The van der Waals surface area contributed by atoms with E-state index in [1.807, 2.05) is 47.1 Å². The molecule has 4 saturated heterocycles. The molecule has 0 aliphatic carbocycles. The third kappa shape index (κ3) is 7.88. The lowest BCUT2D eigenvalue weighted by Crippen LogP contribution is -2.54. The maximum Gasteiger partial charge on any atom is 0.417 e. The number of carbonyl (C=O) groups is 6. The molecule has 0 radical (unpaired) electrons. The summed E-state index contributed by atoms with van der Waals surface area (Å²) in [5.41, 5.74) is 8.45. The highest BCUT2D eigenvalue weighted by atomic mass is 19.4. The smallest absolute Gasteiger partial charge is 0.417 e. The lowest BCUT2D eigenvalue weighted by molar-refractivity contribution is -0.138. The molecule has 5 aliphatic rings. The molecule has 3 N–H and O–H groups in total. The number of nitrogens with two attached hydrogens (primary N) is 1. The summed E-state index contributed by atoms with van der Waals surface area (Å²) in [6, 6.07) is 19.1. The molecule has 0 spiro atoms. The van der Waals surface area contributed by atoms with Crippen molar-refractivity contribution < 1.29 is 46.7 Å². The van der Waals surface area contributed by atoms with Gasteiger partial charge < -0.3 is 30.1 Å². The molecule has 330 valence electrons. The summed E-state index contributed by atoms with van der Waals surface area (Å²) < 4.78 is 49.1. The monoisotopic (exact) mass is 877 g/mol. The average molecular weight is 878 g/mol. The summed E-state index contributed by atoms with van der Waals surface area (Å²) in [6.45, 7) is 3.88. The van der Waals surface area contributed by atoms with E-state index in [0.29, 0.717) is 56.1 Å². The molecule has 4 fully saturated rings. The van der Waals surface area contributed by atoms with Crippen LogP contribution < -0.4 is 25.6 Å². The van der Waals surface area contributed by atoms with E-state index < -0.39 is 59.0 Å². The number of alkyl halides is 3. The zero-order valence-corrected chi connectivity index (χ0v) is 34.6. The van der Waals surface area contributed by atoms with E-state index in [4.69, 9.17) is 10.5 Å². The van der Waals surface area contributed by atoms with Crippen molar-refractivity contribution >= 4 is 52.6 Å². The van der Waals surface area contributed by atoms with Gasteiger partial charge in [-0.1, -0.05) is 30.3 Å². The number of nitrogens with zero attached hydrogens (tertiary/aromatic N) is 7. The van der Waals surface area contributed by atoms with Crippen LogP contribution in [-0.2, 0) is 20.6 Å². The maximum atomic E-state index is 14.4. The zero-order chi connectivity index (χ0) is 45.0. The highest BCUT2D eigenvalue weighted by Gasteiger charge is 2.45. The highest BCUT2D eigenvalue weighted by Crippen LogP contribution is 2.37. The lowest BCUT2D eigenvalue weighted by atomic mass is 9.94. The van der Waals surface area contributed by atoms with Crippen molar-refractivity contribution in [2.45, 2.75) is 50.9 Å². The van der Waals surface area contributed by atoms with Crippen LogP contribution >= 0.6 is 0 Å². The number of nitrogens with one attached hydrogen (secondary N) is 1. The second-order valence-electron chi connectivity index (χ2n) is 16.6. The first kappa shape index (κ1) is 42.1. The number of ether oxygens (including phenoxy) is 1. The van der Waals surface area contributed by atoms with E-state index in [1.165, 1.54) is 4.90 Å². The number of halogens is 3. The summed E-state index contributed by atoms with van der Waals surface area (Å²) in [4.78, 5) is 85.4. The molecule has 4 aromatic rings. The van der Waals surface area contributed by atoms with Crippen molar-refractivity contribution in [3.8, 4) is 17.0 Å². The average Bonchev–Trinajstić information content (AvgIpc) is 3.52. The Kier molecular flexibility index (Phi) is 10.8. The van der Waals surface area contributed by atoms with Gasteiger partial charge in [0.1, 0.15) is 17.7 Å². The van der Waals surface area contributed by atoms with Gasteiger partial charge in [0.05, 0.1) is 41.2 Å². The van der Waals surface area contributed by atoms with Crippen molar-refractivity contribution in [3.05, 3.63) is 94.5 Å². The quantitative estimate of drug-likeness (QED) is 0.245. The van der Waals surface area contributed by atoms with Gasteiger partial charge in [-0.2, -0.15) is 13.2 Å². The number of hydrogen-bond acceptors (Lipinski definition) is 12. The second-order valence-corrected chi connectivity index (χ2v) is 16.6. The van der Waals surface area contributed by atoms with Gasteiger partial charge in [0.25, 0.3) is 17.7 Å². The number of fused-ring (bicyclic) bond motifs is 1. The van der Waals surface area contributed by atoms with Crippen LogP contribution in [0.2, 0.25) is 0 Å². The molecular formula is C45H42F3N9O7. The molecule has 1 unspecified atom stereocenters. The summed E-state index contributed by atoms with van der Waals surface area (Å²) in [5, 5.41) is 10.5. The molecule has 0 saturated carbocycles. The Labute approximate surface area is 365 Å². The van der Waals surface area contributed by atoms with Crippen molar-refractivity contribution in [1.29, 1.82) is 0 Å². The molecule has 6 amide bonds. The largest absolute Gasteiger partial charge is 0.479 e. The topological polar surface area (TPSA) is 192 Å². The molecular weight excluding hydrogens is 836 g/mol. The normalized spacial score (nSPS) is 19.6. The number of piperidine rings is 2. The van der Waals surface area contributed by atoms with Crippen molar-refractivity contribution in [2.24, 2.45) is 5.92 Å². The van der Waals surface area contributed by atoms with Gasteiger partial charge in [0.2, 0.25) is 17.7 Å². The number of anilines is 3. The molecule has 9 rings (SSSR count). The van der Waals surface area contributed by atoms with Crippen molar-refractivity contribution in [2.75, 3.05) is 67.9 Å². The van der Waals surface area contributed by atoms with Crippen LogP contribution in [0.25, 0.3) is 11.3 Å². The Hall–Kier alpha value is -7.23. The minimum atomic E-state index is -4.89. The van der Waals surface area contributed by atoms with E-state index in [1.54, 1.807) is 23.1 Å². The first-order valence-corrected chi connectivity index (χ1v) is 21.0. The molecule has 1 aromatic heterocycles. The van der Waals surface area contributed by atoms with Crippen LogP contribution in [0.3, 0.4) is 0 Å². The highest BCUT2D eigenvalue weighted by molar-refractivity contribution is 6.23. The van der Waals surface area contributed by atoms with E-state index in [0.717, 1.165) is 22.1 Å². The number of amides is 6. The minimum Gasteiger partial charge on any atom is -0.479 e. The first-order valence-electron chi connectivity index (χ1n) is 21.0. The Morgan fingerprint density at radius 2 is 1.52 bits per heavy atom. The minimum absolute atomic E-state index is 0.0183. The molecule has 5 aliphatic heterocycles. The Morgan fingerprint density at radius 3 is 2.22 bits per heavy atom. The van der Waals surface area contributed by atoms with Gasteiger partial charge in [0, 0.05) is 68.9 Å². The zero-order valence-electron chi connectivity index (χ0n) is 34.6. The van der Waals surface area contributed by atoms with Crippen molar-refractivity contribution in [1.82, 2.24) is 30.2 Å². The van der Waals surface area contributed by atoms with Gasteiger partial charge in [-0.25, -0.2) is 0 Å². The number of benzene rings is 2.